The number of carbonyl (C=O) groups is 1. The lowest BCUT2D eigenvalue weighted by molar-refractivity contribution is -0.116. The van der Waals surface area contributed by atoms with Crippen LogP contribution in [0.15, 0.2) is 18.3 Å². The van der Waals surface area contributed by atoms with E-state index in [1.165, 1.54) is 6.08 Å². The Morgan fingerprint density at radius 3 is 3.00 bits per heavy atom. The van der Waals surface area contributed by atoms with Crippen LogP contribution in [0.5, 0.6) is 0 Å². The molecular weight excluding hydrogens is 190 g/mol. The van der Waals surface area contributed by atoms with Crippen LogP contribution in [0.1, 0.15) is 25.1 Å². The van der Waals surface area contributed by atoms with Gasteiger partial charge in [0.2, 0.25) is 5.91 Å². The topological polar surface area (TPSA) is 46.9 Å². The van der Waals surface area contributed by atoms with E-state index in [4.69, 9.17) is 0 Å². The molecular formula is C11H17N3O. The molecule has 1 aromatic heterocycles. The van der Waals surface area contributed by atoms with Crippen LogP contribution in [0.3, 0.4) is 0 Å². The van der Waals surface area contributed by atoms with Gasteiger partial charge in [-0.05, 0) is 19.4 Å². The number of rotatable bonds is 4. The minimum absolute atomic E-state index is 0.0663. The molecule has 0 aliphatic carbocycles. The van der Waals surface area contributed by atoms with Crippen molar-refractivity contribution in [1.29, 1.82) is 0 Å². The van der Waals surface area contributed by atoms with E-state index >= 15 is 0 Å². The highest BCUT2D eigenvalue weighted by atomic mass is 16.1. The second kappa shape index (κ2) is 5.34. The van der Waals surface area contributed by atoms with Crippen molar-refractivity contribution in [3.05, 3.63) is 29.6 Å². The third kappa shape index (κ3) is 3.23. The van der Waals surface area contributed by atoms with Gasteiger partial charge in [-0.1, -0.05) is 13.0 Å². The van der Waals surface area contributed by atoms with Crippen LogP contribution < -0.4 is 5.32 Å². The van der Waals surface area contributed by atoms with Gasteiger partial charge in [0.15, 0.2) is 0 Å². The Labute approximate surface area is 90.0 Å². The van der Waals surface area contributed by atoms with Gasteiger partial charge in [-0.3, -0.25) is 9.48 Å². The summed E-state index contributed by atoms with van der Waals surface area (Å²) in [5, 5.41) is 7.11. The van der Waals surface area contributed by atoms with E-state index in [2.05, 4.69) is 17.3 Å². The summed E-state index contributed by atoms with van der Waals surface area (Å²) < 4.78 is 1.77. The average molecular weight is 207 g/mol. The molecule has 15 heavy (non-hydrogen) atoms. The van der Waals surface area contributed by atoms with E-state index < -0.39 is 0 Å². The summed E-state index contributed by atoms with van der Waals surface area (Å²) in [6.45, 7) is 4.42. The summed E-state index contributed by atoms with van der Waals surface area (Å²) >= 11 is 0. The molecule has 0 aromatic carbocycles. The number of amides is 1. The normalized spacial score (nSPS) is 10.9. The van der Waals surface area contributed by atoms with Gasteiger partial charge in [-0.25, -0.2) is 0 Å². The van der Waals surface area contributed by atoms with Crippen LogP contribution in [0.4, 0.5) is 0 Å². The highest BCUT2D eigenvalue weighted by Gasteiger charge is 2.05. The molecule has 0 aliphatic heterocycles. The Hall–Kier alpha value is -1.58. The fourth-order valence-corrected chi connectivity index (χ4v) is 1.42. The Morgan fingerprint density at radius 1 is 1.67 bits per heavy atom. The van der Waals surface area contributed by atoms with Crippen LogP contribution >= 0.6 is 0 Å². The summed E-state index contributed by atoms with van der Waals surface area (Å²) in [6.07, 6.45) is 6.06. The third-order valence-electron chi connectivity index (χ3n) is 2.10. The third-order valence-corrected chi connectivity index (χ3v) is 2.10. The Morgan fingerprint density at radius 2 is 2.40 bits per heavy atom. The Kier molecular flexibility index (Phi) is 4.09. The van der Waals surface area contributed by atoms with Gasteiger partial charge < -0.3 is 5.32 Å². The highest BCUT2D eigenvalue weighted by molar-refractivity contribution is 5.87. The maximum Gasteiger partial charge on any atom is 0.243 e. The second-order valence-electron chi connectivity index (χ2n) is 3.35. The molecule has 1 rings (SSSR count). The van der Waals surface area contributed by atoms with Crippen LogP contribution in [-0.2, 0) is 24.8 Å². The molecule has 1 amide bonds. The smallest absolute Gasteiger partial charge is 0.243 e. The zero-order valence-electron chi connectivity index (χ0n) is 9.45. The van der Waals surface area contributed by atoms with Gasteiger partial charge in [0, 0.05) is 25.4 Å². The number of nitrogens with one attached hydrogen (secondary N) is 1. The van der Waals surface area contributed by atoms with Crippen molar-refractivity contribution in [2.75, 3.05) is 0 Å². The molecule has 0 fully saturated rings. The predicted molar refractivity (Wildman–Crippen MR) is 59.2 cm³/mol. The minimum atomic E-state index is -0.0663. The first-order valence-corrected chi connectivity index (χ1v) is 5.09. The van der Waals surface area contributed by atoms with Crippen molar-refractivity contribution >= 4 is 5.91 Å². The molecule has 0 aliphatic rings. The van der Waals surface area contributed by atoms with Crippen LogP contribution in [-0.4, -0.2) is 15.7 Å². The minimum Gasteiger partial charge on any atom is -0.348 e. The zero-order chi connectivity index (χ0) is 11.3. The molecule has 0 unspecified atom stereocenters. The van der Waals surface area contributed by atoms with Crippen molar-refractivity contribution in [2.24, 2.45) is 7.05 Å². The first-order valence-electron chi connectivity index (χ1n) is 5.09. The molecule has 1 N–H and O–H groups in total. The van der Waals surface area contributed by atoms with Crippen molar-refractivity contribution < 1.29 is 4.79 Å². The summed E-state index contributed by atoms with van der Waals surface area (Å²) in [5.74, 6) is -0.0663. The number of hydrogen-bond donors (Lipinski definition) is 1. The first-order chi connectivity index (χ1) is 7.17. The van der Waals surface area contributed by atoms with E-state index in [9.17, 15) is 4.79 Å². The number of aryl methyl sites for hydroxylation is 2. The van der Waals surface area contributed by atoms with Crippen LogP contribution in [0.25, 0.3) is 0 Å². The molecule has 1 aromatic rings. The predicted octanol–water partition coefficient (Wildman–Crippen LogP) is 1.17. The van der Waals surface area contributed by atoms with Crippen LogP contribution in [0.2, 0.25) is 0 Å². The van der Waals surface area contributed by atoms with E-state index in [0.29, 0.717) is 6.54 Å². The molecule has 4 heteroatoms. The summed E-state index contributed by atoms with van der Waals surface area (Å²) in [7, 11) is 1.89. The first kappa shape index (κ1) is 11.5. The lowest BCUT2D eigenvalue weighted by atomic mass is 10.2. The quantitative estimate of drug-likeness (QED) is 0.753. The van der Waals surface area contributed by atoms with E-state index in [-0.39, 0.29) is 5.91 Å². The highest BCUT2D eigenvalue weighted by Crippen LogP contribution is 2.06. The van der Waals surface area contributed by atoms with Gasteiger partial charge in [-0.2, -0.15) is 5.10 Å². The van der Waals surface area contributed by atoms with Gasteiger partial charge >= 0.3 is 0 Å². The lowest BCUT2D eigenvalue weighted by Gasteiger charge is -2.00. The summed E-state index contributed by atoms with van der Waals surface area (Å²) in [4.78, 5) is 11.2. The molecule has 82 valence electrons. The average Bonchev–Trinajstić information content (AvgIpc) is 2.56. The second-order valence-corrected chi connectivity index (χ2v) is 3.35. The largest absolute Gasteiger partial charge is 0.348 e. The van der Waals surface area contributed by atoms with Crippen molar-refractivity contribution in [2.45, 2.75) is 26.8 Å². The van der Waals surface area contributed by atoms with E-state index in [1.54, 1.807) is 10.8 Å². The monoisotopic (exact) mass is 207 g/mol. The maximum atomic E-state index is 11.2. The molecule has 4 nitrogen and oxygen atoms in total. The SMILES string of the molecule is C/C=C/C(=O)NCc1cn(C)nc1CC. The lowest BCUT2D eigenvalue weighted by Crippen LogP contribution is -2.20. The Balaban J connectivity index is 2.60. The summed E-state index contributed by atoms with van der Waals surface area (Å²) in [6, 6.07) is 0. The number of nitrogens with zero attached hydrogens (tertiary/aromatic N) is 2. The van der Waals surface area contributed by atoms with E-state index in [0.717, 1.165) is 17.7 Å². The molecule has 1 heterocycles. The summed E-state index contributed by atoms with van der Waals surface area (Å²) in [5.41, 5.74) is 2.12. The molecule has 0 spiro atoms. The fourth-order valence-electron chi connectivity index (χ4n) is 1.42. The maximum absolute atomic E-state index is 11.2. The van der Waals surface area contributed by atoms with Crippen molar-refractivity contribution in [3.8, 4) is 0 Å². The van der Waals surface area contributed by atoms with Gasteiger partial charge in [0.1, 0.15) is 0 Å². The van der Waals surface area contributed by atoms with Crippen molar-refractivity contribution in [1.82, 2.24) is 15.1 Å². The molecule has 0 saturated heterocycles. The van der Waals surface area contributed by atoms with Gasteiger partial charge in [0.25, 0.3) is 0 Å². The Bertz CT molecular complexity index is 366. The number of aromatic nitrogens is 2. The molecule has 0 saturated carbocycles. The zero-order valence-corrected chi connectivity index (χ0v) is 9.45. The fraction of sp³-hybridized carbons (Fsp3) is 0.455. The molecule has 0 radical (unpaired) electrons. The molecule has 0 bridgehead atoms. The van der Waals surface area contributed by atoms with Gasteiger partial charge in [-0.15, -0.1) is 0 Å². The molecule has 0 atom stereocenters. The number of hydrogen-bond acceptors (Lipinski definition) is 2. The van der Waals surface area contributed by atoms with Gasteiger partial charge in [0.05, 0.1) is 5.69 Å². The van der Waals surface area contributed by atoms with Crippen molar-refractivity contribution in [3.63, 3.8) is 0 Å². The number of allylic oxidation sites excluding steroid dienone is 1. The van der Waals surface area contributed by atoms with Crippen LogP contribution in [0, 0.1) is 0 Å². The standard InChI is InChI=1S/C11H17N3O/c1-4-6-11(15)12-7-9-8-14(3)13-10(9)5-2/h4,6,8H,5,7H2,1-3H3,(H,12,15)/b6-4+. The van der Waals surface area contributed by atoms with E-state index in [1.807, 2.05) is 20.2 Å². The number of carbonyl (C=O) groups excluding carboxylic acids is 1.